The second-order valence-electron chi connectivity index (χ2n) is 1.87. The molecule has 74 valence electrons. The van der Waals surface area contributed by atoms with Crippen molar-refractivity contribution in [2.24, 2.45) is 5.14 Å². The van der Waals surface area contributed by atoms with Gasteiger partial charge in [-0.15, -0.1) is 0 Å². The molecule has 0 saturated carbocycles. The fourth-order valence-corrected chi connectivity index (χ4v) is 3.17. The minimum Gasteiger partial charge on any atom is -0.284 e. The third-order valence-corrected chi connectivity index (χ3v) is 4.53. The molecule has 0 bridgehead atoms. The van der Waals surface area contributed by atoms with Gasteiger partial charge in [0.05, 0.1) is 0 Å². The summed E-state index contributed by atoms with van der Waals surface area (Å²) in [5.74, 6) is 0. The van der Waals surface area contributed by atoms with Crippen LogP contribution in [-0.4, -0.2) is 32.5 Å². The van der Waals surface area contributed by atoms with Crippen molar-refractivity contribution in [3.05, 3.63) is 0 Å². The molecule has 12 heavy (non-hydrogen) atoms. The highest BCUT2D eigenvalue weighted by molar-refractivity contribution is 9.08. The van der Waals surface area contributed by atoms with E-state index in [2.05, 4.69) is 25.6 Å². The molecule has 0 aromatic rings. The van der Waals surface area contributed by atoms with E-state index in [0.29, 0.717) is 0 Å². The van der Waals surface area contributed by atoms with Crippen LogP contribution in [0.5, 0.6) is 0 Å². The van der Waals surface area contributed by atoms with Crippen molar-refractivity contribution in [2.75, 3.05) is 6.54 Å². The highest BCUT2D eigenvalue weighted by Crippen LogP contribution is 2.03. The second-order valence-corrected chi connectivity index (χ2v) is 6.08. The van der Waals surface area contributed by atoms with Gasteiger partial charge in [-0.3, -0.25) is 8.90 Å². The van der Waals surface area contributed by atoms with Gasteiger partial charge in [0, 0.05) is 22.7 Å². The van der Waals surface area contributed by atoms with Gasteiger partial charge in [0.1, 0.15) is 0 Å². The second kappa shape index (κ2) is 3.98. The molecular weight excluding hydrogens is 276 g/mol. The van der Waals surface area contributed by atoms with E-state index in [1.807, 2.05) is 0 Å². The number of sulfonamides is 1. The first-order valence-corrected chi connectivity index (χ1v) is 6.41. The number of rotatable bonds is 4. The fraction of sp³-hybridized carbons (Fsp3) is 1.00. The summed E-state index contributed by atoms with van der Waals surface area (Å²) >= 11 is 2.59. The van der Waals surface area contributed by atoms with Crippen molar-refractivity contribution in [1.82, 2.24) is 4.34 Å². The van der Waals surface area contributed by atoms with Crippen molar-refractivity contribution in [1.29, 1.82) is 0 Å². The summed E-state index contributed by atoms with van der Waals surface area (Å²) in [6.07, 6.45) is 0. The molecule has 0 spiro atoms. The molecule has 1 atom stereocenters. The van der Waals surface area contributed by atoms with Gasteiger partial charge in [-0.2, -0.15) is 8.42 Å². The van der Waals surface area contributed by atoms with E-state index in [-0.39, 0.29) is 0 Å². The quantitative estimate of drug-likeness (QED) is 0.421. The lowest BCUT2D eigenvalue weighted by molar-refractivity contribution is 0.476. The van der Waals surface area contributed by atoms with Gasteiger partial charge in [0.25, 0.3) is 10.1 Å². The number of hydrogen-bond donors (Lipinski definition) is 3. The highest BCUT2D eigenvalue weighted by Gasteiger charge is 2.33. The smallest absolute Gasteiger partial charge is 0.284 e. The van der Waals surface area contributed by atoms with Gasteiger partial charge in [-0.05, 0) is 0 Å². The van der Waals surface area contributed by atoms with Crippen LogP contribution in [0.4, 0.5) is 0 Å². The Labute approximate surface area is 78.5 Å². The molecule has 1 unspecified atom stereocenters. The summed E-state index contributed by atoms with van der Waals surface area (Å²) in [5, 5.41) is 4.52. The zero-order chi connectivity index (χ0) is 9.99. The third-order valence-electron chi connectivity index (χ3n) is 0.942. The Kier molecular flexibility index (Phi) is 4.07. The summed E-state index contributed by atoms with van der Waals surface area (Å²) in [6, 6.07) is 0. The SMILES string of the molecule is NS(=O)(=O)C(CNBr)S(=O)(=O)O. The highest BCUT2D eigenvalue weighted by atomic mass is 79.9. The summed E-state index contributed by atoms with van der Waals surface area (Å²) in [4.78, 5) is 0. The molecule has 0 aliphatic heterocycles. The molecule has 7 nitrogen and oxygen atoms in total. The Morgan fingerprint density at radius 2 is 1.83 bits per heavy atom. The van der Waals surface area contributed by atoms with Gasteiger partial charge in [-0.25, -0.2) is 13.6 Å². The maximum absolute atomic E-state index is 10.5. The molecule has 0 aromatic heterocycles. The van der Waals surface area contributed by atoms with Crippen molar-refractivity contribution in [2.45, 2.75) is 4.58 Å². The van der Waals surface area contributed by atoms with E-state index in [1.54, 1.807) is 0 Å². The summed E-state index contributed by atoms with van der Waals surface area (Å²) in [6.45, 7) is -0.530. The first-order valence-electron chi connectivity index (χ1n) is 2.51. The number of primary sulfonamides is 1. The molecular formula is C2H7BrN2O5S2. The molecule has 0 amide bonds. The molecule has 4 N–H and O–H groups in total. The predicted octanol–water partition coefficient (Wildman–Crippen LogP) is -1.61. The standard InChI is InChI=1S/C2H7BrN2O5S2/c3-5-1-2(11(4,6)7)12(8,9)10/h2,5H,1H2,(H2,4,6,7)(H,8,9,10). The average molecular weight is 283 g/mol. The molecule has 0 aliphatic rings. The number of hydrogen-bond acceptors (Lipinski definition) is 5. The molecule has 0 saturated heterocycles. The molecule has 0 fully saturated rings. The monoisotopic (exact) mass is 282 g/mol. The Hall–Kier alpha value is 0.260. The number of halogens is 1. The van der Waals surface area contributed by atoms with Gasteiger partial charge in [0.2, 0.25) is 14.6 Å². The maximum Gasteiger partial charge on any atom is 0.285 e. The largest absolute Gasteiger partial charge is 0.285 e. The van der Waals surface area contributed by atoms with Gasteiger partial charge >= 0.3 is 0 Å². The lowest BCUT2D eigenvalue weighted by Crippen LogP contribution is -2.40. The topological polar surface area (TPSA) is 127 Å². The van der Waals surface area contributed by atoms with Gasteiger partial charge in [-0.1, -0.05) is 0 Å². The zero-order valence-corrected chi connectivity index (χ0v) is 8.86. The summed E-state index contributed by atoms with van der Waals surface area (Å²) in [7, 11) is -9.01. The number of nitrogens with one attached hydrogen (secondary N) is 1. The van der Waals surface area contributed by atoms with E-state index in [4.69, 9.17) is 4.55 Å². The van der Waals surface area contributed by atoms with Crippen molar-refractivity contribution in [3.8, 4) is 0 Å². The maximum atomic E-state index is 10.5. The minimum atomic E-state index is -4.69. The van der Waals surface area contributed by atoms with Crippen LogP contribution < -0.4 is 9.48 Å². The van der Waals surface area contributed by atoms with Gasteiger partial charge in [0.15, 0.2) is 0 Å². The Balaban J connectivity index is 4.97. The average Bonchev–Trinajstić information content (AvgIpc) is 1.77. The van der Waals surface area contributed by atoms with Crippen LogP contribution in [0.25, 0.3) is 0 Å². The van der Waals surface area contributed by atoms with Crippen molar-refractivity contribution in [3.63, 3.8) is 0 Å². The van der Waals surface area contributed by atoms with E-state index >= 15 is 0 Å². The van der Waals surface area contributed by atoms with Crippen LogP contribution in [0.2, 0.25) is 0 Å². The first-order chi connectivity index (χ1) is 5.19. The first kappa shape index (κ1) is 12.3. The van der Waals surface area contributed by atoms with Crippen molar-refractivity contribution >= 4 is 36.3 Å². The predicted molar refractivity (Wildman–Crippen MR) is 45.4 cm³/mol. The van der Waals surface area contributed by atoms with Crippen LogP contribution in [0.3, 0.4) is 0 Å². The lowest BCUT2D eigenvalue weighted by atomic mass is 10.8. The van der Waals surface area contributed by atoms with E-state index in [1.165, 1.54) is 0 Å². The molecule has 0 rings (SSSR count). The summed E-state index contributed by atoms with van der Waals surface area (Å²) < 4.78 is 50.3. The fourth-order valence-electron chi connectivity index (χ4n) is 0.454. The van der Waals surface area contributed by atoms with E-state index in [9.17, 15) is 16.8 Å². The lowest BCUT2D eigenvalue weighted by Gasteiger charge is -2.08. The van der Waals surface area contributed by atoms with Crippen molar-refractivity contribution < 1.29 is 21.4 Å². The van der Waals surface area contributed by atoms with Crippen LogP contribution >= 0.6 is 16.1 Å². The van der Waals surface area contributed by atoms with E-state index < -0.39 is 31.3 Å². The summed E-state index contributed by atoms with van der Waals surface area (Å²) in [5.41, 5.74) is 0. The van der Waals surface area contributed by atoms with Crippen LogP contribution in [0.1, 0.15) is 0 Å². The third kappa shape index (κ3) is 3.78. The van der Waals surface area contributed by atoms with Crippen LogP contribution in [0, 0.1) is 0 Å². The molecule has 0 heterocycles. The minimum absolute atomic E-state index is 0.530. The number of nitrogens with two attached hydrogens (primary N) is 1. The normalized spacial score (nSPS) is 15.9. The Morgan fingerprint density at radius 1 is 1.42 bits per heavy atom. The molecule has 0 aliphatic carbocycles. The van der Waals surface area contributed by atoms with Gasteiger partial charge < -0.3 is 0 Å². The molecule has 0 aromatic carbocycles. The van der Waals surface area contributed by atoms with E-state index in [0.717, 1.165) is 0 Å². The zero-order valence-electron chi connectivity index (χ0n) is 5.64. The van der Waals surface area contributed by atoms with Crippen LogP contribution in [-0.2, 0) is 20.1 Å². The Morgan fingerprint density at radius 3 is 1.92 bits per heavy atom. The molecule has 10 heteroatoms. The van der Waals surface area contributed by atoms with Crippen LogP contribution in [0.15, 0.2) is 0 Å². The Bertz CT molecular complexity index is 300. The molecule has 0 radical (unpaired) electrons.